The van der Waals surface area contributed by atoms with Crippen molar-refractivity contribution >= 4 is 66.8 Å². The molecule has 0 saturated carbocycles. The molecule has 1 amide bonds. The minimum atomic E-state index is -0.686. The second-order valence-corrected chi connectivity index (χ2v) is 11.2. The number of hydrogen-bond donors (Lipinski definition) is 2. The standard InChI is InChI=1S/C33H25Br2N3O7/c1-18(39)44-25-12-9-20(16-27(25)43-3)33(41)45-24-13-10-22(34)15-21(24)17-36-38-32(40)31-28(19-7-5-4-6-8-19)29-23(35)11-14-26(42-2)30(29)37-31/h4-17,37H,1-3H3,(H,38,40). The highest BCUT2D eigenvalue weighted by Gasteiger charge is 2.23. The fourth-order valence-electron chi connectivity index (χ4n) is 4.60. The van der Waals surface area contributed by atoms with Crippen LogP contribution in [-0.2, 0) is 4.79 Å². The third kappa shape index (κ3) is 6.92. The number of carbonyl (C=O) groups is 3. The van der Waals surface area contributed by atoms with Crippen LogP contribution in [0.2, 0.25) is 0 Å². The number of methoxy groups -OCH3 is 2. The molecule has 4 aromatic carbocycles. The van der Waals surface area contributed by atoms with Crippen LogP contribution in [0.3, 0.4) is 0 Å². The van der Waals surface area contributed by atoms with Crippen molar-refractivity contribution in [2.75, 3.05) is 14.2 Å². The van der Waals surface area contributed by atoms with E-state index in [1.807, 2.05) is 36.4 Å². The molecule has 12 heteroatoms. The summed E-state index contributed by atoms with van der Waals surface area (Å²) in [5, 5.41) is 4.95. The predicted molar refractivity (Wildman–Crippen MR) is 176 cm³/mol. The zero-order valence-electron chi connectivity index (χ0n) is 24.1. The molecule has 228 valence electrons. The topological polar surface area (TPSA) is 128 Å². The maximum Gasteiger partial charge on any atom is 0.343 e. The van der Waals surface area contributed by atoms with Gasteiger partial charge in [0.05, 0.1) is 31.5 Å². The van der Waals surface area contributed by atoms with Crippen LogP contribution in [0.5, 0.6) is 23.0 Å². The second kappa shape index (κ2) is 13.8. The van der Waals surface area contributed by atoms with E-state index >= 15 is 0 Å². The maximum atomic E-state index is 13.5. The Morgan fingerprint density at radius 3 is 2.24 bits per heavy atom. The summed E-state index contributed by atoms with van der Waals surface area (Å²) in [6.45, 7) is 1.26. The van der Waals surface area contributed by atoms with Gasteiger partial charge in [0, 0.05) is 32.4 Å². The molecule has 0 atom stereocenters. The van der Waals surface area contributed by atoms with Crippen LogP contribution in [0.1, 0.15) is 33.3 Å². The number of aromatic nitrogens is 1. The Morgan fingerprint density at radius 2 is 1.53 bits per heavy atom. The van der Waals surface area contributed by atoms with Gasteiger partial charge >= 0.3 is 11.9 Å². The minimum absolute atomic E-state index is 0.163. The summed E-state index contributed by atoms with van der Waals surface area (Å²) in [6, 6.07) is 22.4. The minimum Gasteiger partial charge on any atom is -0.495 e. The van der Waals surface area contributed by atoms with E-state index in [2.05, 4.69) is 47.4 Å². The molecular weight excluding hydrogens is 710 g/mol. The van der Waals surface area contributed by atoms with Crippen LogP contribution in [-0.4, -0.2) is 43.3 Å². The van der Waals surface area contributed by atoms with Crippen molar-refractivity contribution < 1.29 is 33.3 Å². The zero-order valence-corrected chi connectivity index (χ0v) is 27.3. The van der Waals surface area contributed by atoms with E-state index < -0.39 is 17.8 Å². The van der Waals surface area contributed by atoms with Crippen molar-refractivity contribution in [1.82, 2.24) is 10.4 Å². The Bertz CT molecular complexity index is 1960. The highest BCUT2D eigenvalue weighted by molar-refractivity contribution is 9.11. The number of esters is 2. The van der Waals surface area contributed by atoms with Crippen LogP contribution in [0.4, 0.5) is 0 Å². The summed E-state index contributed by atoms with van der Waals surface area (Å²) in [5.41, 5.74) is 5.58. The van der Waals surface area contributed by atoms with Crippen LogP contribution in [0.15, 0.2) is 92.9 Å². The van der Waals surface area contributed by atoms with Gasteiger partial charge in [0.1, 0.15) is 17.2 Å². The first-order valence-corrected chi connectivity index (χ1v) is 14.9. The molecule has 0 fully saturated rings. The number of nitrogens with zero attached hydrogens (tertiary/aromatic N) is 1. The number of hydrogen-bond acceptors (Lipinski definition) is 8. The van der Waals surface area contributed by atoms with Crippen molar-refractivity contribution in [3.63, 3.8) is 0 Å². The molecule has 0 saturated heterocycles. The third-order valence-corrected chi connectivity index (χ3v) is 7.73. The molecule has 0 radical (unpaired) electrons. The maximum absolute atomic E-state index is 13.5. The number of halogens is 2. The lowest BCUT2D eigenvalue weighted by atomic mass is 10.0. The van der Waals surface area contributed by atoms with E-state index in [0.717, 1.165) is 15.4 Å². The van der Waals surface area contributed by atoms with E-state index in [-0.39, 0.29) is 28.5 Å². The molecule has 1 aromatic heterocycles. The summed E-state index contributed by atoms with van der Waals surface area (Å²) in [4.78, 5) is 41.1. The smallest absolute Gasteiger partial charge is 0.343 e. The van der Waals surface area contributed by atoms with Crippen molar-refractivity contribution in [2.24, 2.45) is 5.10 Å². The highest BCUT2D eigenvalue weighted by Crippen LogP contribution is 2.41. The van der Waals surface area contributed by atoms with E-state index in [1.165, 1.54) is 38.4 Å². The predicted octanol–water partition coefficient (Wildman–Crippen LogP) is 7.29. The molecule has 2 N–H and O–H groups in total. The normalized spacial score (nSPS) is 11.0. The quantitative estimate of drug-likeness (QED) is 0.0705. The largest absolute Gasteiger partial charge is 0.495 e. The van der Waals surface area contributed by atoms with Gasteiger partial charge in [-0.15, -0.1) is 0 Å². The van der Waals surface area contributed by atoms with Crippen molar-refractivity contribution in [1.29, 1.82) is 0 Å². The number of hydrazone groups is 1. The Balaban J connectivity index is 1.42. The van der Waals surface area contributed by atoms with E-state index in [1.54, 1.807) is 31.4 Å². The molecule has 0 aliphatic rings. The highest BCUT2D eigenvalue weighted by atomic mass is 79.9. The Morgan fingerprint density at radius 1 is 0.822 bits per heavy atom. The monoisotopic (exact) mass is 733 g/mol. The summed E-state index contributed by atoms with van der Waals surface area (Å²) in [6.07, 6.45) is 1.37. The Hall–Kier alpha value is -4.94. The molecule has 0 spiro atoms. The summed E-state index contributed by atoms with van der Waals surface area (Å²) in [5.74, 6) is -0.581. The molecule has 5 aromatic rings. The van der Waals surface area contributed by atoms with Gasteiger partial charge < -0.3 is 23.9 Å². The first-order valence-electron chi connectivity index (χ1n) is 13.3. The van der Waals surface area contributed by atoms with Gasteiger partial charge in [0.2, 0.25) is 0 Å². The molecule has 10 nitrogen and oxygen atoms in total. The molecule has 1 heterocycles. The van der Waals surface area contributed by atoms with Crippen LogP contribution < -0.4 is 24.4 Å². The van der Waals surface area contributed by atoms with E-state index in [0.29, 0.717) is 26.9 Å². The van der Waals surface area contributed by atoms with Crippen LogP contribution >= 0.6 is 31.9 Å². The number of H-pyrrole nitrogens is 1. The summed E-state index contributed by atoms with van der Waals surface area (Å²) in [7, 11) is 2.95. The van der Waals surface area contributed by atoms with Crippen molar-refractivity contribution in [3.8, 4) is 34.1 Å². The molecule has 0 aliphatic carbocycles. The fourth-order valence-corrected chi connectivity index (χ4v) is 5.50. The zero-order chi connectivity index (χ0) is 32.1. The molecule has 0 bridgehead atoms. The molecule has 5 rings (SSSR count). The molecular formula is C33H25Br2N3O7. The summed E-state index contributed by atoms with van der Waals surface area (Å²) < 4.78 is 23.0. The van der Waals surface area contributed by atoms with Gasteiger partial charge in [-0.3, -0.25) is 9.59 Å². The lowest BCUT2D eigenvalue weighted by molar-refractivity contribution is -0.132. The number of ether oxygens (including phenoxy) is 4. The molecule has 45 heavy (non-hydrogen) atoms. The second-order valence-electron chi connectivity index (χ2n) is 9.47. The number of aromatic amines is 1. The lowest BCUT2D eigenvalue weighted by Gasteiger charge is -2.11. The van der Waals surface area contributed by atoms with Crippen LogP contribution in [0.25, 0.3) is 22.0 Å². The number of nitrogens with one attached hydrogen (secondary N) is 2. The SMILES string of the molecule is COc1cc(C(=O)Oc2ccc(Br)cc2C=NNC(=O)c2[nH]c3c(OC)ccc(Br)c3c2-c2ccccc2)ccc1OC(C)=O. The van der Waals surface area contributed by atoms with E-state index in [4.69, 9.17) is 18.9 Å². The Labute approximate surface area is 274 Å². The number of fused-ring (bicyclic) bond motifs is 1. The Kier molecular flexibility index (Phi) is 9.65. The average Bonchev–Trinajstić information content (AvgIpc) is 3.44. The van der Waals surface area contributed by atoms with Crippen molar-refractivity contribution in [2.45, 2.75) is 6.92 Å². The van der Waals surface area contributed by atoms with Gasteiger partial charge in [-0.1, -0.05) is 62.2 Å². The van der Waals surface area contributed by atoms with E-state index in [9.17, 15) is 14.4 Å². The van der Waals surface area contributed by atoms with Crippen molar-refractivity contribution in [3.05, 3.63) is 105 Å². The third-order valence-electron chi connectivity index (χ3n) is 6.57. The van der Waals surface area contributed by atoms with Gasteiger partial charge in [-0.25, -0.2) is 10.2 Å². The molecule has 0 unspecified atom stereocenters. The summed E-state index contributed by atoms with van der Waals surface area (Å²) >= 11 is 7.03. The molecule has 0 aliphatic heterocycles. The number of benzene rings is 4. The lowest BCUT2D eigenvalue weighted by Crippen LogP contribution is -2.19. The number of rotatable bonds is 9. The van der Waals surface area contributed by atoms with Crippen LogP contribution in [0, 0.1) is 0 Å². The first-order chi connectivity index (χ1) is 21.7. The number of carbonyl (C=O) groups excluding carboxylic acids is 3. The fraction of sp³-hybridized carbons (Fsp3) is 0.0909. The number of amides is 1. The van der Waals surface area contributed by atoms with Gasteiger partial charge in [-0.05, 0) is 54.1 Å². The van der Waals surface area contributed by atoms with Gasteiger partial charge in [-0.2, -0.15) is 5.10 Å². The van der Waals surface area contributed by atoms with Gasteiger partial charge in [0.15, 0.2) is 11.5 Å². The average molecular weight is 735 g/mol. The van der Waals surface area contributed by atoms with Gasteiger partial charge in [0.25, 0.3) is 5.91 Å². The first kappa shape index (κ1) is 31.5.